The molecule has 0 unspecified atom stereocenters. The van der Waals surface area contributed by atoms with Crippen LogP contribution in [0.1, 0.15) is 51.9 Å². The van der Waals surface area contributed by atoms with Crippen molar-refractivity contribution in [3.05, 3.63) is 0 Å². The number of carbonyl (C=O) groups excluding carboxylic acids is 1. The SMILES string of the molecule is CCCCCCCCCOC(=O)C[I-]C. The summed E-state index contributed by atoms with van der Waals surface area (Å²) in [5, 5.41) is 0. The van der Waals surface area contributed by atoms with Gasteiger partial charge in [-0.2, -0.15) is 0 Å². The summed E-state index contributed by atoms with van der Waals surface area (Å²) in [6.45, 7) is 2.87. The molecule has 0 rings (SSSR count). The monoisotopic (exact) mass is 327 g/mol. The minimum absolute atomic E-state index is 0.0104. The molecule has 15 heavy (non-hydrogen) atoms. The van der Waals surface area contributed by atoms with E-state index in [0.717, 1.165) is 6.42 Å². The van der Waals surface area contributed by atoms with Gasteiger partial charge in [0.15, 0.2) is 0 Å². The third-order valence-electron chi connectivity index (χ3n) is 2.25. The zero-order valence-corrected chi connectivity index (χ0v) is 12.2. The van der Waals surface area contributed by atoms with E-state index in [1.54, 1.807) is 0 Å². The Labute approximate surface area is 104 Å². The van der Waals surface area contributed by atoms with E-state index >= 15 is 0 Å². The van der Waals surface area contributed by atoms with E-state index in [2.05, 4.69) is 11.9 Å². The number of rotatable bonds is 10. The summed E-state index contributed by atoms with van der Waals surface area (Å²) in [5.41, 5.74) is 0. The molecule has 0 aromatic heterocycles. The zero-order chi connectivity index (χ0) is 11.4. The molecule has 0 bridgehead atoms. The third kappa shape index (κ3) is 12.1. The summed E-state index contributed by atoms with van der Waals surface area (Å²) in [4.78, 5) is 13.1. The third-order valence-corrected chi connectivity index (χ3v) is 3.64. The van der Waals surface area contributed by atoms with Gasteiger partial charge in [0.2, 0.25) is 0 Å². The van der Waals surface area contributed by atoms with Crippen LogP contribution in [0.15, 0.2) is 0 Å². The molecule has 0 heterocycles. The van der Waals surface area contributed by atoms with Crippen LogP contribution < -0.4 is 21.2 Å². The van der Waals surface area contributed by atoms with E-state index < -0.39 is 0 Å². The number of hydrogen-bond donors (Lipinski definition) is 0. The van der Waals surface area contributed by atoms with Crippen LogP contribution in [0, 0.1) is 0 Å². The van der Waals surface area contributed by atoms with Crippen molar-refractivity contribution in [2.75, 3.05) is 16.0 Å². The zero-order valence-electron chi connectivity index (χ0n) is 10.1. The molecular formula is C12H24IO2-. The van der Waals surface area contributed by atoms with Gasteiger partial charge in [-0.25, -0.2) is 0 Å². The second kappa shape index (κ2) is 12.3. The maximum absolute atomic E-state index is 11.0. The summed E-state index contributed by atoms with van der Waals surface area (Å²) >= 11 is 0.0561. The van der Waals surface area contributed by atoms with E-state index in [-0.39, 0.29) is 27.2 Å². The van der Waals surface area contributed by atoms with Crippen LogP contribution >= 0.6 is 0 Å². The molecule has 0 aromatic carbocycles. The van der Waals surface area contributed by atoms with Crippen LogP contribution in [0.25, 0.3) is 0 Å². The second-order valence-electron chi connectivity index (χ2n) is 3.74. The minimum atomic E-state index is 0.0104. The first-order valence-electron chi connectivity index (χ1n) is 5.90. The number of alkyl halides is 2. The van der Waals surface area contributed by atoms with E-state index in [0.29, 0.717) is 11.0 Å². The summed E-state index contributed by atoms with van der Waals surface area (Å²) in [7, 11) is 0. The van der Waals surface area contributed by atoms with Crippen molar-refractivity contribution in [1.82, 2.24) is 0 Å². The molecule has 2 nitrogen and oxygen atoms in total. The molecule has 0 amide bonds. The first-order chi connectivity index (χ1) is 7.31. The van der Waals surface area contributed by atoms with Gasteiger partial charge in [0.05, 0.1) is 0 Å². The van der Waals surface area contributed by atoms with Crippen molar-refractivity contribution in [2.45, 2.75) is 51.9 Å². The van der Waals surface area contributed by atoms with Crippen molar-refractivity contribution in [1.29, 1.82) is 0 Å². The molecule has 92 valence electrons. The quantitative estimate of drug-likeness (QED) is 0.244. The number of halogens is 1. The molecule has 0 atom stereocenters. The maximum atomic E-state index is 11.0. The fourth-order valence-corrected chi connectivity index (χ4v) is 2.24. The van der Waals surface area contributed by atoms with Crippen LogP contribution in [-0.2, 0) is 9.53 Å². The summed E-state index contributed by atoms with van der Waals surface area (Å²) in [6, 6.07) is 0. The topological polar surface area (TPSA) is 26.3 Å². The summed E-state index contributed by atoms with van der Waals surface area (Å²) in [5.74, 6) is 0.0104. The van der Waals surface area contributed by atoms with Gasteiger partial charge in [0.1, 0.15) is 0 Å². The molecule has 0 radical (unpaired) electrons. The van der Waals surface area contributed by atoms with Crippen LogP contribution in [0.5, 0.6) is 0 Å². The van der Waals surface area contributed by atoms with Gasteiger partial charge in [0, 0.05) is 0 Å². The van der Waals surface area contributed by atoms with Gasteiger partial charge in [-0.15, -0.1) is 0 Å². The van der Waals surface area contributed by atoms with Crippen molar-refractivity contribution in [2.24, 2.45) is 0 Å². The van der Waals surface area contributed by atoms with Crippen LogP contribution in [0.4, 0.5) is 0 Å². The van der Waals surface area contributed by atoms with Crippen molar-refractivity contribution in [3.8, 4) is 0 Å². The molecule has 0 aliphatic rings. The van der Waals surface area contributed by atoms with Gasteiger partial charge in [-0.1, -0.05) is 0 Å². The number of unbranched alkanes of at least 4 members (excludes halogenated alkanes) is 6. The predicted molar refractivity (Wildman–Crippen MR) is 59.7 cm³/mol. The predicted octanol–water partition coefficient (Wildman–Crippen LogP) is -0.001000. The van der Waals surface area contributed by atoms with Gasteiger partial charge in [-0.3, -0.25) is 0 Å². The average molecular weight is 327 g/mol. The Morgan fingerprint density at radius 2 is 1.67 bits per heavy atom. The molecule has 0 spiro atoms. The van der Waals surface area contributed by atoms with E-state index in [4.69, 9.17) is 4.74 Å². The van der Waals surface area contributed by atoms with Gasteiger partial charge >= 0.3 is 105 Å². The van der Waals surface area contributed by atoms with Crippen LogP contribution in [0.2, 0.25) is 0 Å². The Morgan fingerprint density at radius 1 is 1.07 bits per heavy atom. The van der Waals surface area contributed by atoms with Crippen LogP contribution in [0.3, 0.4) is 0 Å². The Kier molecular flexibility index (Phi) is 12.4. The molecule has 0 saturated heterocycles. The first-order valence-corrected chi connectivity index (χ1v) is 9.59. The fourth-order valence-electron chi connectivity index (χ4n) is 1.39. The average Bonchev–Trinajstić information content (AvgIpc) is 2.22. The number of esters is 1. The van der Waals surface area contributed by atoms with Crippen molar-refractivity contribution in [3.63, 3.8) is 0 Å². The standard InChI is InChI=1S/C12H24IO2/c1-3-4-5-6-7-8-9-10-15-12(14)11-13-2/h3-11H2,1-2H3/q-1. The molecule has 0 N–H and O–H groups in total. The Morgan fingerprint density at radius 3 is 2.27 bits per heavy atom. The Balaban J connectivity index is 3.01. The molecule has 0 saturated carbocycles. The molecular weight excluding hydrogens is 303 g/mol. The van der Waals surface area contributed by atoms with Gasteiger partial charge < -0.3 is 0 Å². The normalized spacial score (nSPS) is 10.5. The summed E-state index contributed by atoms with van der Waals surface area (Å²) < 4.78 is 5.77. The van der Waals surface area contributed by atoms with Gasteiger partial charge in [-0.05, 0) is 0 Å². The molecule has 0 aliphatic carbocycles. The Bertz CT molecular complexity index is 149. The van der Waals surface area contributed by atoms with Crippen molar-refractivity contribution < 1.29 is 30.7 Å². The van der Waals surface area contributed by atoms with Crippen molar-refractivity contribution >= 4 is 5.97 Å². The van der Waals surface area contributed by atoms with Crippen LogP contribution in [-0.4, -0.2) is 21.9 Å². The second-order valence-corrected chi connectivity index (χ2v) is 6.03. The fraction of sp³-hybridized carbons (Fsp3) is 0.917. The molecule has 0 aromatic rings. The number of ether oxygens (including phenoxy) is 1. The summed E-state index contributed by atoms with van der Waals surface area (Å²) in [6.07, 6.45) is 8.89. The van der Waals surface area contributed by atoms with E-state index in [9.17, 15) is 4.79 Å². The van der Waals surface area contributed by atoms with Gasteiger partial charge in [0.25, 0.3) is 0 Å². The van der Waals surface area contributed by atoms with E-state index in [1.165, 1.54) is 38.5 Å². The number of hydrogen-bond acceptors (Lipinski definition) is 2. The number of carbonyl (C=O) groups is 1. The Hall–Kier alpha value is 0.200. The molecule has 3 heteroatoms. The molecule has 0 aliphatic heterocycles. The molecule has 0 fully saturated rings. The first kappa shape index (κ1) is 15.2. The van der Waals surface area contributed by atoms with E-state index in [1.807, 2.05) is 0 Å².